The van der Waals surface area contributed by atoms with Gasteiger partial charge in [0.05, 0.1) is 7.11 Å². The molecule has 1 aromatic rings. The Kier molecular flexibility index (Phi) is 7.16. The number of ether oxygens (including phenoxy) is 1. The van der Waals surface area contributed by atoms with E-state index in [4.69, 9.17) is 4.74 Å². The van der Waals surface area contributed by atoms with Gasteiger partial charge in [0.15, 0.2) is 0 Å². The fourth-order valence-corrected chi connectivity index (χ4v) is 4.96. The molecule has 156 valence electrons. The lowest BCUT2D eigenvalue weighted by atomic mass is 9.95. The zero-order valence-electron chi connectivity index (χ0n) is 16.5. The second-order valence-corrected chi connectivity index (χ2v) is 9.04. The van der Waals surface area contributed by atoms with E-state index in [2.05, 4.69) is 5.32 Å². The number of amides is 1. The van der Waals surface area contributed by atoms with E-state index in [1.807, 2.05) is 6.92 Å². The average Bonchev–Trinajstić information content (AvgIpc) is 2.68. The number of hydrogen-bond acceptors (Lipinski definition) is 5. The van der Waals surface area contributed by atoms with E-state index in [0.29, 0.717) is 25.9 Å². The zero-order valence-corrected chi connectivity index (χ0v) is 17.3. The van der Waals surface area contributed by atoms with Crippen molar-refractivity contribution in [2.45, 2.75) is 56.4 Å². The number of methoxy groups -OCH3 is 1. The Balaban J connectivity index is 2.33. The van der Waals surface area contributed by atoms with Crippen LogP contribution in [0.1, 0.15) is 56.3 Å². The zero-order chi connectivity index (χ0) is 20.9. The van der Waals surface area contributed by atoms with Crippen LogP contribution in [0.2, 0.25) is 0 Å². The molecule has 1 atom stereocenters. The number of carbonyl (C=O) groups is 2. The second kappa shape index (κ2) is 9.00. The van der Waals surface area contributed by atoms with Crippen molar-refractivity contribution in [3.05, 3.63) is 29.6 Å². The summed E-state index contributed by atoms with van der Waals surface area (Å²) in [5, 5.41) is 2.59. The van der Waals surface area contributed by atoms with Gasteiger partial charge in [0.2, 0.25) is 10.0 Å². The highest BCUT2D eigenvalue weighted by atomic mass is 32.2. The summed E-state index contributed by atoms with van der Waals surface area (Å²) in [6.45, 7) is 4.05. The quantitative estimate of drug-likeness (QED) is 0.692. The molecule has 1 saturated heterocycles. The molecular formula is C19H27FN2O5S. The van der Waals surface area contributed by atoms with Crippen molar-refractivity contribution < 1.29 is 27.1 Å². The molecule has 1 heterocycles. The molecular weight excluding hydrogens is 387 g/mol. The van der Waals surface area contributed by atoms with Crippen LogP contribution in [0.15, 0.2) is 23.1 Å². The van der Waals surface area contributed by atoms with Crippen LogP contribution in [0.5, 0.6) is 0 Å². The molecule has 0 aliphatic carbocycles. The van der Waals surface area contributed by atoms with E-state index in [1.165, 1.54) is 24.4 Å². The third kappa shape index (κ3) is 4.70. The van der Waals surface area contributed by atoms with Crippen LogP contribution in [0.4, 0.5) is 4.39 Å². The van der Waals surface area contributed by atoms with Crippen molar-refractivity contribution in [2.24, 2.45) is 0 Å². The number of rotatable bonds is 7. The lowest BCUT2D eigenvalue weighted by molar-refractivity contribution is -0.147. The molecule has 0 bridgehead atoms. The van der Waals surface area contributed by atoms with E-state index < -0.39 is 38.2 Å². The van der Waals surface area contributed by atoms with Gasteiger partial charge in [0.25, 0.3) is 5.91 Å². The lowest BCUT2D eigenvalue weighted by Gasteiger charge is -2.28. The average molecular weight is 414 g/mol. The van der Waals surface area contributed by atoms with Crippen LogP contribution in [0.3, 0.4) is 0 Å². The van der Waals surface area contributed by atoms with Gasteiger partial charge < -0.3 is 10.1 Å². The van der Waals surface area contributed by atoms with Crippen LogP contribution in [0.25, 0.3) is 0 Å². The topological polar surface area (TPSA) is 92.8 Å². The van der Waals surface area contributed by atoms with Crippen LogP contribution < -0.4 is 5.32 Å². The Labute approximate surface area is 165 Å². The number of halogens is 1. The Bertz CT molecular complexity index is 837. The first-order chi connectivity index (χ1) is 13.2. The van der Waals surface area contributed by atoms with Gasteiger partial charge in [-0.3, -0.25) is 4.79 Å². The number of piperidine rings is 1. The molecule has 7 nitrogen and oxygen atoms in total. The summed E-state index contributed by atoms with van der Waals surface area (Å²) in [5.41, 5.74) is -1.30. The summed E-state index contributed by atoms with van der Waals surface area (Å²) in [4.78, 5) is 24.2. The van der Waals surface area contributed by atoms with E-state index in [-0.39, 0.29) is 5.56 Å². The Morgan fingerprint density at radius 3 is 2.46 bits per heavy atom. The van der Waals surface area contributed by atoms with Crippen molar-refractivity contribution in [1.82, 2.24) is 9.62 Å². The molecule has 0 saturated carbocycles. The molecule has 9 heteroatoms. The molecule has 28 heavy (non-hydrogen) atoms. The molecule has 1 N–H and O–H groups in total. The van der Waals surface area contributed by atoms with Gasteiger partial charge in [0, 0.05) is 18.7 Å². The van der Waals surface area contributed by atoms with E-state index in [9.17, 15) is 22.4 Å². The van der Waals surface area contributed by atoms with Crippen molar-refractivity contribution >= 4 is 21.9 Å². The van der Waals surface area contributed by atoms with Crippen LogP contribution >= 0.6 is 0 Å². The third-order valence-electron chi connectivity index (χ3n) is 4.90. The highest BCUT2D eigenvalue weighted by molar-refractivity contribution is 7.89. The minimum Gasteiger partial charge on any atom is -0.467 e. The minimum absolute atomic E-state index is 0.0387. The van der Waals surface area contributed by atoms with Gasteiger partial charge in [-0.2, -0.15) is 4.31 Å². The van der Waals surface area contributed by atoms with Crippen molar-refractivity contribution in [3.8, 4) is 0 Å². The first kappa shape index (κ1) is 22.3. The highest BCUT2D eigenvalue weighted by Gasteiger charge is 2.36. The van der Waals surface area contributed by atoms with E-state index in [1.54, 1.807) is 0 Å². The summed E-state index contributed by atoms with van der Waals surface area (Å²) in [5.74, 6) is -2.19. The van der Waals surface area contributed by atoms with E-state index in [0.717, 1.165) is 31.4 Å². The molecule has 1 aromatic carbocycles. The molecule has 1 aliphatic rings. The monoisotopic (exact) mass is 414 g/mol. The van der Waals surface area contributed by atoms with Gasteiger partial charge in [-0.1, -0.05) is 19.8 Å². The summed E-state index contributed by atoms with van der Waals surface area (Å²) in [6.07, 6.45) is 3.32. The van der Waals surface area contributed by atoms with Gasteiger partial charge in [-0.15, -0.1) is 0 Å². The van der Waals surface area contributed by atoms with Crippen molar-refractivity contribution in [2.75, 3.05) is 20.2 Å². The third-order valence-corrected chi connectivity index (χ3v) is 6.82. The number of esters is 1. The lowest BCUT2D eigenvalue weighted by Crippen LogP contribution is -2.52. The fraction of sp³-hybridized carbons (Fsp3) is 0.579. The van der Waals surface area contributed by atoms with Gasteiger partial charge in [-0.25, -0.2) is 17.6 Å². The molecule has 2 rings (SSSR count). The number of benzene rings is 1. The number of hydrogen-bond donors (Lipinski definition) is 1. The predicted molar refractivity (Wildman–Crippen MR) is 102 cm³/mol. The maximum Gasteiger partial charge on any atom is 0.331 e. The highest BCUT2D eigenvalue weighted by Crippen LogP contribution is 2.24. The smallest absolute Gasteiger partial charge is 0.331 e. The number of sulfonamides is 1. The first-order valence-electron chi connectivity index (χ1n) is 9.36. The number of carbonyl (C=O) groups excluding carboxylic acids is 2. The summed E-state index contributed by atoms with van der Waals surface area (Å²) in [6, 6.07) is 3.18. The minimum atomic E-state index is -4.04. The second-order valence-electron chi connectivity index (χ2n) is 7.14. The maximum atomic E-state index is 14.3. The first-order valence-corrected chi connectivity index (χ1v) is 10.8. The molecule has 0 aromatic heterocycles. The van der Waals surface area contributed by atoms with E-state index >= 15 is 0 Å². The fourth-order valence-electron chi connectivity index (χ4n) is 3.35. The van der Waals surface area contributed by atoms with Crippen molar-refractivity contribution in [3.63, 3.8) is 0 Å². The Morgan fingerprint density at radius 2 is 1.89 bits per heavy atom. The van der Waals surface area contributed by atoms with Crippen LogP contribution in [-0.4, -0.2) is 50.3 Å². The number of nitrogens with one attached hydrogen (secondary N) is 1. The standard InChI is InChI=1S/C19H27FN2O5S/c1-4-10-19(2,18(24)27-3)21-17(23)14-8-9-15(20)16(13-14)28(25,26)22-11-6-5-7-12-22/h8-9,13H,4-7,10-12H2,1-3H3,(H,21,23). The molecule has 0 radical (unpaired) electrons. The molecule has 1 fully saturated rings. The number of nitrogens with zero attached hydrogens (tertiary/aromatic N) is 1. The molecule has 1 amide bonds. The predicted octanol–water partition coefficient (Wildman–Crippen LogP) is 2.46. The summed E-state index contributed by atoms with van der Waals surface area (Å²) < 4.78 is 45.9. The summed E-state index contributed by atoms with van der Waals surface area (Å²) in [7, 11) is -2.81. The maximum absolute atomic E-state index is 14.3. The largest absolute Gasteiger partial charge is 0.467 e. The SMILES string of the molecule is CCCC(C)(NC(=O)c1ccc(F)c(S(=O)(=O)N2CCCCC2)c1)C(=O)OC. The Hall–Kier alpha value is -2.00. The Morgan fingerprint density at radius 1 is 1.25 bits per heavy atom. The molecule has 1 unspecified atom stereocenters. The normalized spacial score (nSPS) is 17.6. The van der Waals surface area contributed by atoms with Crippen LogP contribution in [0, 0.1) is 5.82 Å². The van der Waals surface area contributed by atoms with Gasteiger partial charge >= 0.3 is 5.97 Å². The molecule has 1 aliphatic heterocycles. The van der Waals surface area contributed by atoms with Gasteiger partial charge in [0.1, 0.15) is 16.3 Å². The molecule has 0 spiro atoms. The summed E-state index contributed by atoms with van der Waals surface area (Å²) >= 11 is 0. The van der Waals surface area contributed by atoms with Gasteiger partial charge in [-0.05, 0) is 44.4 Å². The van der Waals surface area contributed by atoms with Crippen LogP contribution in [-0.2, 0) is 19.6 Å². The van der Waals surface area contributed by atoms with Crippen molar-refractivity contribution in [1.29, 1.82) is 0 Å².